The van der Waals surface area contributed by atoms with E-state index in [1.165, 1.54) is 36.9 Å². The summed E-state index contributed by atoms with van der Waals surface area (Å²) in [4.78, 5) is 14.3. The average Bonchev–Trinajstić information content (AvgIpc) is 2.67. The lowest BCUT2D eigenvalue weighted by Crippen LogP contribution is -2.40. The van der Waals surface area contributed by atoms with Crippen LogP contribution in [0.2, 0.25) is 0 Å². The number of aromatic nitrogens is 2. The molecule has 4 nitrogen and oxygen atoms in total. The fourth-order valence-corrected chi connectivity index (χ4v) is 4.10. The second-order valence-electron chi connectivity index (χ2n) is 6.85. The molecular formula is C20H26N4. The first-order valence-corrected chi connectivity index (χ1v) is 9.32. The van der Waals surface area contributed by atoms with Gasteiger partial charge in [-0.3, -0.25) is 0 Å². The van der Waals surface area contributed by atoms with Gasteiger partial charge >= 0.3 is 0 Å². The van der Waals surface area contributed by atoms with Crippen molar-refractivity contribution in [1.82, 2.24) is 9.97 Å². The smallest absolute Gasteiger partial charge is 0.231 e. The molecule has 4 rings (SSSR count). The zero-order valence-electron chi connectivity index (χ0n) is 14.5. The normalized spacial score (nSPS) is 20.8. The summed E-state index contributed by atoms with van der Waals surface area (Å²) in [7, 11) is 0. The van der Waals surface area contributed by atoms with Crippen molar-refractivity contribution in [2.75, 3.05) is 22.9 Å². The van der Waals surface area contributed by atoms with Gasteiger partial charge in [0.2, 0.25) is 5.95 Å². The zero-order chi connectivity index (χ0) is 16.4. The number of piperidine rings is 1. The van der Waals surface area contributed by atoms with Crippen LogP contribution in [-0.4, -0.2) is 29.1 Å². The minimum absolute atomic E-state index is 0.621. The molecule has 0 spiro atoms. The SMILES string of the molecule is CCC1CCCCN1c1ccnc(N2CCCc3ccccc32)n1. The van der Waals surface area contributed by atoms with Crippen LogP contribution >= 0.6 is 0 Å². The van der Waals surface area contributed by atoms with E-state index in [1.807, 2.05) is 6.20 Å². The summed E-state index contributed by atoms with van der Waals surface area (Å²) in [5.74, 6) is 1.94. The monoisotopic (exact) mass is 322 g/mol. The van der Waals surface area contributed by atoms with Crippen molar-refractivity contribution in [1.29, 1.82) is 0 Å². The molecule has 1 fully saturated rings. The zero-order valence-corrected chi connectivity index (χ0v) is 14.5. The number of para-hydroxylation sites is 1. The van der Waals surface area contributed by atoms with E-state index in [1.54, 1.807) is 0 Å². The predicted molar refractivity (Wildman–Crippen MR) is 99.1 cm³/mol. The van der Waals surface area contributed by atoms with Gasteiger partial charge in [-0.25, -0.2) is 4.98 Å². The lowest BCUT2D eigenvalue weighted by atomic mass is 10.00. The van der Waals surface area contributed by atoms with Crippen molar-refractivity contribution in [3.05, 3.63) is 42.1 Å². The van der Waals surface area contributed by atoms with Crippen molar-refractivity contribution < 1.29 is 0 Å². The van der Waals surface area contributed by atoms with Crippen molar-refractivity contribution in [3.63, 3.8) is 0 Å². The Hall–Kier alpha value is -2.10. The van der Waals surface area contributed by atoms with Gasteiger partial charge in [-0.05, 0) is 56.2 Å². The van der Waals surface area contributed by atoms with Crippen LogP contribution in [0.4, 0.5) is 17.5 Å². The Labute approximate surface area is 144 Å². The maximum absolute atomic E-state index is 4.96. The van der Waals surface area contributed by atoms with E-state index >= 15 is 0 Å². The number of hydrogen-bond donors (Lipinski definition) is 0. The maximum atomic E-state index is 4.96. The molecule has 126 valence electrons. The number of anilines is 3. The molecule has 2 aliphatic heterocycles. The standard InChI is InChI=1S/C20H26N4/c1-2-17-10-5-6-14-23(17)19-12-13-21-20(22-19)24-15-7-9-16-8-3-4-11-18(16)24/h3-4,8,11-13,17H,2,5-7,9-10,14-15H2,1H3. The molecule has 1 saturated heterocycles. The Kier molecular flexibility index (Phi) is 4.37. The molecule has 0 amide bonds. The van der Waals surface area contributed by atoms with Gasteiger partial charge in [-0.2, -0.15) is 4.98 Å². The second-order valence-corrected chi connectivity index (χ2v) is 6.85. The third-order valence-corrected chi connectivity index (χ3v) is 5.37. The van der Waals surface area contributed by atoms with Crippen LogP contribution in [0.5, 0.6) is 0 Å². The summed E-state index contributed by atoms with van der Waals surface area (Å²) >= 11 is 0. The molecule has 4 heteroatoms. The van der Waals surface area contributed by atoms with E-state index < -0.39 is 0 Å². The first-order chi connectivity index (χ1) is 11.9. The highest BCUT2D eigenvalue weighted by Gasteiger charge is 2.24. The molecule has 3 heterocycles. The highest BCUT2D eigenvalue weighted by molar-refractivity contribution is 5.64. The molecular weight excluding hydrogens is 296 g/mol. The summed E-state index contributed by atoms with van der Waals surface area (Å²) in [6, 6.07) is 11.4. The van der Waals surface area contributed by atoms with Crippen LogP contribution in [0.1, 0.15) is 44.6 Å². The summed E-state index contributed by atoms with van der Waals surface area (Å²) in [6.45, 7) is 4.40. The highest BCUT2D eigenvalue weighted by atomic mass is 15.3. The Balaban J connectivity index is 1.66. The average molecular weight is 322 g/mol. The molecule has 0 bridgehead atoms. The van der Waals surface area contributed by atoms with Gasteiger partial charge < -0.3 is 9.80 Å². The number of benzene rings is 1. The van der Waals surface area contributed by atoms with Crippen LogP contribution in [0, 0.1) is 0 Å². The molecule has 0 radical (unpaired) electrons. The second kappa shape index (κ2) is 6.80. The molecule has 1 aromatic heterocycles. The summed E-state index contributed by atoms with van der Waals surface area (Å²) in [6.07, 6.45) is 9.31. The van der Waals surface area contributed by atoms with Crippen molar-refractivity contribution in [2.24, 2.45) is 0 Å². The van der Waals surface area contributed by atoms with E-state index in [9.17, 15) is 0 Å². The van der Waals surface area contributed by atoms with Gasteiger partial charge in [0, 0.05) is 31.0 Å². The summed E-state index contributed by atoms with van der Waals surface area (Å²) < 4.78 is 0. The highest BCUT2D eigenvalue weighted by Crippen LogP contribution is 2.32. The molecule has 2 aliphatic rings. The van der Waals surface area contributed by atoms with E-state index in [4.69, 9.17) is 4.98 Å². The third-order valence-electron chi connectivity index (χ3n) is 5.37. The van der Waals surface area contributed by atoms with Gasteiger partial charge in [0.1, 0.15) is 5.82 Å². The van der Waals surface area contributed by atoms with E-state index in [2.05, 4.69) is 52.0 Å². The lowest BCUT2D eigenvalue weighted by molar-refractivity contribution is 0.446. The van der Waals surface area contributed by atoms with Gasteiger partial charge in [0.05, 0.1) is 0 Å². The minimum Gasteiger partial charge on any atom is -0.353 e. The van der Waals surface area contributed by atoms with Crippen LogP contribution in [-0.2, 0) is 6.42 Å². The Morgan fingerprint density at radius 1 is 1.08 bits per heavy atom. The fourth-order valence-electron chi connectivity index (χ4n) is 4.10. The van der Waals surface area contributed by atoms with E-state index in [0.29, 0.717) is 6.04 Å². The Morgan fingerprint density at radius 2 is 2.00 bits per heavy atom. The quantitative estimate of drug-likeness (QED) is 0.842. The topological polar surface area (TPSA) is 32.3 Å². The van der Waals surface area contributed by atoms with E-state index in [0.717, 1.165) is 37.7 Å². The van der Waals surface area contributed by atoms with Gasteiger partial charge in [0.15, 0.2) is 0 Å². The van der Waals surface area contributed by atoms with Crippen LogP contribution in [0.25, 0.3) is 0 Å². The van der Waals surface area contributed by atoms with Crippen LogP contribution in [0.15, 0.2) is 36.5 Å². The van der Waals surface area contributed by atoms with Gasteiger partial charge in [-0.15, -0.1) is 0 Å². The summed E-state index contributed by atoms with van der Waals surface area (Å²) in [5, 5.41) is 0. The summed E-state index contributed by atoms with van der Waals surface area (Å²) in [5.41, 5.74) is 2.67. The number of rotatable bonds is 3. The van der Waals surface area contributed by atoms with Crippen molar-refractivity contribution in [2.45, 2.75) is 51.5 Å². The molecule has 2 aromatic rings. The van der Waals surface area contributed by atoms with E-state index in [-0.39, 0.29) is 0 Å². The molecule has 1 aromatic carbocycles. The number of aryl methyl sites for hydroxylation is 1. The molecule has 0 saturated carbocycles. The first kappa shape index (κ1) is 15.4. The minimum atomic E-state index is 0.621. The molecule has 1 unspecified atom stereocenters. The number of hydrogen-bond acceptors (Lipinski definition) is 4. The molecule has 0 aliphatic carbocycles. The van der Waals surface area contributed by atoms with Gasteiger partial charge in [0.25, 0.3) is 0 Å². The number of fused-ring (bicyclic) bond motifs is 1. The molecule has 24 heavy (non-hydrogen) atoms. The van der Waals surface area contributed by atoms with Crippen LogP contribution < -0.4 is 9.80 Å². The largest absolute Gasteiger partial charge is 0.353 e. The molecule has 1 atom stereocenters. The molecule has 0 N–H and O–H groups in total. The Bertz CT molecular complexity index is 700. The van der Waals surface area contributed by atoms with Crippen LogP contribution in [0.3, 0.4) is 0 Å². The van der Waals surface area contributed by atoms with Gasteiger partial charge in [-0.1, -0.05) is 25.1 Å². The van der Waals surface area contributed by atoms with Crippen molar-refractivity contribution >= 4 is 17.5 Å². The predicted octanol–water partition coefficient (Wildman–Crippen LogP) is 4.33. The first-order valence-electron chi connectivity index (χ1n) is 9.32. The third kappa shape index (κ3) is 2.85. The maximum Gasteiger partial charge on any atom is 0.231 e. The lowest BCUT2D eigenvalue weighted by Gasteiger charge is -2.37. The fraction of sp³-hybridized carbons (Fsp3) is 0.500. The van der Waals surface area contributed by atoms with Crippen molar-refractivity contribution in [3.8, 4) is 0 Å². The Morgan fingerprint density at radius 3 is 2.92 bits per heavy atom. The number of nitrogens with zero attached hydrogens (tertiary/aromatic N) is 4.